The second kappa shape index (κ2) is 11.0. The van der Waals surface area contributed by atoms with Gasteiger partial charge in [-0.25, -0.2) is 8.42 Å². The molecule has 202 valence electrons. The molecule has 3 aromatic rings. The molecule has 0 saturated heterocycles. The van der Waals surface area contributed by atoms with Crippen LogP contribution >= 0.6 is 0 Å². The summed E-state index contributed by atoms with van der Waals surface area (Å²) in [5.74, 6) is -0.0275. The summed E-state index contributed by atoms with van der Waals surface area (Å²) >= 11 is 0. The second-order valence-corrected chi connectivity index (χ2v) is 11.1. The van der Waals surface area contributed by atoms with E-state index in [0.29, 0.717) is 47.8 Å². The molecule has 38 heavy (non-hydrogen) atoms. The van der Waals surface area contributed by atoms with Crippen molar-refractivity contribution in [1.82, 2.24) is 5.32 Å². The Morgan fingerprint density at radius 1 is 1.08 bits per heavy atom. The minimum Gasteiger partial charge on any atom is -0.490 e. The average Bonchev–Trinajstić information content (AvgIpc) is 2.91. The van der Waals surface area contributed by atoms with E-state index in [-0.39, 0.29) is 10.6 Å². The van der Waals surface area contributed by atoms with Gasteiger partial charge in [0, 0.05) is 12.1 Å². The Bertz CT molecular complexity index is 1390. The lowest BCUT2D eigenvalue weighted by molar-refractivity contribution is -0.137. The van der Waals surface area contributed by atoms with E-state index in [9.17, 15) is 31.5 Å². The number of alkyl halides is 3. The number of hydrogen-bond donors (Lipinski definition) is 2. The molecule has 3 aromatic carbocycles. The summed E-state index contributed by atoms with van der Waals surface area (Å²) in [7, 11) is -3.37. The number of carbonyl (C=O) groups excluding carboxylic acids is 1. The van der Waals surface area contributed by atoms with Crippen LogP contribution in [0.2, 0.25) is 0 Å². The summed E-state index contributed by atoms with van der Waals surface area (Å²) in [5.41, 5.74) is 1.55. The summed E-state index contributed by atoms with van der Waals surface area (Å²) in [6, 6.07) is 15.1. The highest BCUT2D eigenvalue weighted by molar-refractivity contribution is 7.91. The number of nitrogens with one attached hydrogen (secondary N) is 1. The van der Waals surface area contributed by atoms with Crippen LogP contribution in [0, 0.1) is 0 Å². The van der Waals surface area contributed by atoms with Gasteiger partial charge in [0.2, 0.25) is 0 Å². The zero-order valence-corrected chi connectivity index (χ0v) is 21.3. The molecule has 0 radical (unpaired) electrons. The van der Waals surface area contributed by atoms with Crippen molar-refractivity contribution in [2.45, 2.75) is 30.6 Å². The maximum absolute atomic E-state index is 13.0. The zero-order valence-electron chi connectivity index (χ0n) is 20.5. The van der Waals surface area contributed by atoms with Crippen LogP contribution in [-0.4, -0.2) is 44.9 Å². The lowest BCUT2D eigenvalue weighted by Crippen LogP contribution is -2.33. The molecule has 1 heterocycles. The first kappa shape index (κ1) is 27.5. The van der Waals surface area contributed by atoms with Crippen LogP contribution in [0.5, 0.6) is 5.75 Å². The van der Waals surface area contributed by atoms with E-state index in [1.807, 2.05) is 4.90 Å². The summed E-state index contributed by atoms with van der Waals surface area (Å²) in [4.78, 5) is 15.1. The van der Waals surface area contributed by atoms with Crippen LogP contribution in [-0.2, 0) is 22.6 Å². The number of anilines is 1. The number of sulfone groups is 1. The van der Waals surface area contributed by atoms with Gasteiger partial charge in [-0.3, -0.25) is 4.79 Å². The van der Waals surface area contributed by atoms with E-state index < -0.39 is 40.1 Å². The largest absolute Gasteiger partial charge is 0.490 e. The van der Waals surface area contributed by atoms with E-state index >= 15 is 0 Å². The van der Waals surface area contributed by atoms with Crippen molar-refractivity contribution in [3.8, 4) is 5.75 Å². The highest BCUT2D eigenvalue weighted by Gasteiger charge is 2.30. The molecule has 4 rings (SSSR count). The lowest BCUT2D eigenvalue weighted by Gasteiger charge is -2.31. The van der Waals surface area contributed by atoms with Gasteiger partial charge >= 0.3 is 6.18 Å². The predicted octanol–water partition coefficient (Wildman–Crippen LogP) is 4.36. The summed E-state index contributed by atoms with van der Waals surface area (Å²) in [6.45, 7) is 2.39. The number of aliphatic hydroxyl groups is 1. The number of nitrogens with zero attached hydrogens (tertiary/aromatic N) is 1. The number of fused-ring (bicyclic) bond motifs is 1. The van der Waals surface area contributed by atoms with Crippen molar-refractivity contribution in [3.05, 3.63) is 89.0 Å². The van der Waals surface area contributed by atoms with Gasteiger partial charge in [0.1, 0.15) is 12.4 Å². The number of rotatable bonds is 8. The van der Waals surface area contributed by atoms with Gasteiger partial charge < -0.3 is 20.1 Å². The van der Waals surface area contributed by atoms with Gasteiger partial charge in [-0.15, -0.1) is 0 Å². The van der Waals surface area contributed by atoms with Crippen molar-refractivity contribution in [2.24, 2.45) is 0 Å². The normalized spacial score (nSPS) is 14.4. The molecule has 1 aliphatic rings. The third kappa shape index (κ3) is 6.11. The number of amides is 1. The summed E-state index contributed by atoms with van der Waals surface area (Å²) in [6.07, 6.45) is -4.39. The highest BCUT2D eigenvalue weighted by atomic mass is 32.2. The van der Waals surface area contributed by atoms with E-state index in [2.05, 4.69) is 5.32 Å². The van der Waals surface area contributed by atoms with Crippen LogP contribution in [0.4, 0.5) is 18.9 Å². The van der Waals surface area contributed by atoms with Gasteiger partial charge in [-0.2, -0.15) is 13.2 Å². The van der Waals surface area contributed by atoms with Crippen molar-refractivity contribution < 1.29 is 36.2 Å². The molecule has 0 saturated carbocycles. The fraction of sp³-hybridized carbons (Fsp3) is 0.296. The molecular weight excluding hydrogens is 521 g/mol. The molecule has 1 amide bonds. The third-order valence-corrected chi connectivity index (χ3v) is 8.10. The average molecular weight is 549 g/mol. The van der Waals surface area contributed by atoms with Crippen molar-refractivity contribution in [2.75, 3.05) is 30.4 Å². The SMILES string of the molecule is CCS(=O)(=O)c1ccc(C(CO)NC(=O)c2ccc3c(c2)OCCN3Cc2ccc(C(F)(F)F)cc2)cc1. The summed E-state index contributed by atoms with van der Waals surface area (Å²) < 4.78 is 68.4. The number of benzene rings is 3. The molecule has 0 aromatic heterocycles. The van der Waals surface area contributed by atoms with Gasteiger partial charge in [-0.05, 0) is 53.6 Å². The molecule has 7 nitrogen and oxygen atoms in total. The maximum Gasteiger partial charge on any atom is 0.416 e. The first-order chi connectivity index (χ1) is 18.0. The topological polar surface area (TPSA) is 95.9 Å². The minimum absolute atomic E-state index is 0.0331. The zero-order chi connectivity index (χ0) is 27.5. The molecule has 11 heteroatoms. The molecule has 0 bridgehead atoms. The monoisotopic (exact) mass is 548 g/mol. The van der Waals surface area contributed by atoms with Crippen molar-refractivity contribution in [3.63, 3.8) is 0 Å². The van der Waals surface area contributed by atoms with Crippen molar-refractivity contribution in [1.29, 1.82) is 0 Å². The molecule has 1 atom stereocenters. The molecule has 1 unspecified atom stereocenters. The number of hydrogen-bond acceptors (Lipinski definition) is 6. The van der Waals surface area contributed by atoms with Crippen LogP contribution in [0.15, 0.2) is 71.6 Å². The number of halogens is 3. The number of carbonyl (C=O) groups is 1. The molecule has 0 fully saturated rings. The van der Waals surface area contributed by atoms with Crippen LogP contribution in [0.1, 0.15) is 40.0 Å². The Kier molecular flexibility index (Phi) is 7.98. The first-order valence-electron chi connectivity index (χ1n) is 11.9. The Balaban J connectivity index is 1.47. The standard InChI is InChI=1S/C27H27F3N2O5S/c1-2-38(35,36)22-10-5-19(6-11-22)23(17-33)31-26(34)20-7-12-24-25(15-20)37-14-13-32(24)16-18-3-8-21(9-4-18)27(28,29)30/h3-12,15,23,33H,2,13-14,16-17H2,1H3,(H,31,34). The number of aliphatic hydroxyl groups excluding tert-OH is 1. The lowest BCUT2D eigenvalue weighted by atomic mass is 10.1. The predicted molar refractivity (Wildman–Crippen MR) is 136 cm³/mol. The van der Waals surface area contributed by atoms with E-state index in [1.54, 1.807) is 37.3 Å². The van der Waals surface area contributed by atoms with Gasteiger partial charge in [0.25, 0.3) is 5.91 Å². The van der Waals surface area contributed by atoms with E-state index in [4.69, 9.17) is 4.74 Å². The van der Waals surface area contributed by atoms with Gasteiger partial charge in [0.05, 0.1) is 41.1 Å². The Hall–Kier alpha value is -3.57. The summed E-state index contributed by atoms with van der Waals surface area (Å²) in [5, 5.41) is 12.6. The fourth-order valence-electron chi connectivity index (χ4n) is 4.15. The third-order valence-electron chi connectivity index (χ3n) is 6.35. The highest BCUT2D eigenvalue weighted by Crippen LogP contribution is 2.34. The molecule has 0 aliphatic carbocycles. The Morgan fingerprint density at radius 3 is 2.37 bits per heavy atom. The van der Waals surface area contributed by atoms with E-state index in [0.717, 1.165) is 12.1 Å². The van der Waals surface area contributed by atoms with E-state index in [1.165, 1.54) is 24.3 Å². The Morgan fingerprint density at radius 2 is 1.76 bits per heavy atom. The smallest absolute Gasteiger partial charge is 0.416 e. The number of ether oxygens (including phenoxy) is 1. The molecule has 2 N–H and O–H groups in total. The fourth-order valence-corrected chi connectivity index (χ4v) is 5.04. The maximum atomic E-state index is 13.0. The Labute approximate surface area is 218 Å². The van der Waals surface area contributed by atoms with Crippen LogP contribution in [0.25, 0.3) is 0 Å². The second-order valence-electron chi connectivity index (χ2n) is 8.83. The van der Waals surface area contributed by atoms with Crippen LogP contribution < -0.4 is 15.0 Å². The van der Waals surface area contributed by atoms with Gasteiger partial charge in [-0.1, -0.05) is 31.2 Å². The first-order valence-corrected chi connectivity index (χ1v) is 13.6. The minimum atomic E-state index is -4.39. The van der Waals surface area contributed by atoms with Crippen LogP contribution in [0.3, 0.4) is 0 Å². The molecule has 0 spiro atoms. The van der Waals surface area contributed by atoms with Gasteiger partial charge in [0.15, 0.2) is 9.84 Å². The quantitative estimate of drug-likeness (QED) is 0.434. The molecule has 1 aliphatic heterocycles. The molecular formula is C27H27F3N2O5S. The van der Waals surface area contributed by atoms with Crippen molar-refractivity contribution >= 4 is 21.4 Å².